The molecule has 0 saturated heterocycles. The molecule has 0 amide bonds. The zero-order valence-corrected chi connectivity index (χ0v) is 10.2. The van der Waals surface area contributed by atoms with Crippen molar-refractivity contribution in [3.8, 4) is 6.01 Å². The molecule has 0 atom stereocenters. The third kappa shape index (κ3) is 1.44. The van der Waals surface area contributed by atoms with Gasteiger partial charge in [-0.2, -0.15) is 21.3 Å². The van der Waals surface area contributed by atoms with E-state index in [9.17, 15) is 0 Å². The van der Waals surface area contributed by atoms with E-state index in [2.05, 4.69) is 15.1 Å². The molecule has 0 unspecified atom stereocenters. The third-order valence-corrected chi connectivity index (χ3v) is 3.71. The Balaban J connectivity index is 2.20. The maximum Gasteiger partial charge on any atom is 0.337 e. The average Bonchev–Trinajstić information content (AvgIpc) is 2.85. The van der Waals surface area contributed by atoms with Crippen LogP contribution in [0.25, 0.3) is 5.78 Å². The van der Waals surface area contributed by atoms with Crippen LogP contribution in [0.4, 0.5) is 0 Å². The van der Waals surface area contributed by atoms with Gasteiger partial charge in [-0.25, -0.2) is 4.98 Å². The van der Waals surface area contributed by atoms with Crippen molar-refractivity contribution in [1.82, 2.24) is 19.6 Å². The summed E-state index contributed by atoms with van der Waals surface area (Å²) in [7, 11) is 0. The summed E-state index contributed by atoms with van der Waals surface area (Å²) in [4.78, 5) is 8.59. The van der Waals surface area contributed by atoms with E-state index >= 15 is 0 Å². The lowest BCUT2D eigenvalue weighted by atomic mass is 10.3. The van der Waals surface area contributed by atoms with Gasteiger partial charge in [0, 0.05) is 17.1 Å². The van der Waals surface area contributed by atoms with Gasteiger partial charge in [0.1, 0.15) is 5.15 Å². The van der Waals surface area contributed by atoms with Crippen LogP contribution >= 0.6 is 23.4 Å². The first kappa shape index (κ1) is 10.2. The molecule has 0 spiro atoms. The van der Waals surface area contributed by atoms with Gasteiger partial charge in [0.2, 0.25) is 0 Å². The van der Waals surface area contributed by atoms with E-state index in [1.807, 2.05) is 6.92 Å². The molecule has 0 bridgehead atoms. The largest absolute Gasteiger partial charge is 0.463 e. The Bertz CT molecular complexity index is 556. The zero-order valence-electron chi connectivity index (χ0n) is 8.60. The Morgan fingerprint density at radius 3 is 3.12 bits per heavy atom. The molecular weight excluding hydrogens is 248 g/mol. The van der Waals surface area contributed by atoms with Crippen LogP contribution in [-0.4, -0.2) is 26.2 Å². The van der Waals surface area contributed by atoms with Crippen molar-refractivity contribution in [2.45, 2.75) is 18.4 Å². The van der Waals surface area contributed by atoms with Crippen molar-refractivity contribution >= 4 is 29.1 Å². The van der Waals surface area contributed by atoms with Gasteiger partial charge in [-0.05, 0) is 6.92 Å². The highest BCUT2D eigenvalue weighted by molar-refractivity contribution is 7.98. The van der Waals surface area contributed by atoms with Crippen molar-refractivity contribution in [1.29, 1.82) is 0 Å². The number of ether oxygens (including phenoxy) is 1. The predicted octanol–water partition coefficient (Wildman–Crippen LogP) is 1.92. The van der Waals surface area contributed by atoms with Gasteiger partial charge in [-0.15, -0.1) is 5.10 Å². The summed E-state index contributed by atoms with van der Waals surface area (Å²) in [6.45, 7) is 2.42. The minimum absolute atomic E-state index is 0.327. The molecule has 16 heavy (non-hydrogen) atoms. The van der Waals surface area contributed by atoms with Gasteiger partial charge in [0.05, 0.1) is 12.3 Å². The van der Waals surface area contributed by atoms with Gasteiger partial charge in [-0.3, -0.25) is 0 Å². The molecule has 0 N–H and O–H groups in total. The Kier molecular flexibility index (Phi) is 2.40. The number of halogens is 1. The van der Waals surface area contributed by atoms with Crippen molar-refractivity contribution in [2.24, 2.45) is 0 Å². The first-order valence-electron chi connectivity index (χ1n) is 4.94. The van der Waals surface area contributed by atoms with Crippen molar-refractivity contribution in [3.63, 3.8) is 0 Å². The molecule has 84 valence electrons. The second kappa shape index (κ2) is 3.78. The van der Waals surface area contributed by atoms with E-state index in [1.54, 1.807) is 11.8 Å². The van der Waals surface area contributed by atoms with Gasteiger partial charge in [-0.1, -0.05) is 11.6 Å². The highest BCUT2D eigenvalue weighted by Crippen LogP contribution is 2.33. The number of thioether (sulfide) groups is 1. The molecule has 1 aliphatic rings. The molecule has 0 radical (unpaired) electrons. The molecule has 0 fully saturated rings. The minimum Gasteiger partial charge on any atom is -0.463 e. The lowest BCUT2D eigenvalue weighted by Gasteiger charge is -2.01. The molecular formula is C9H9ClN4OS. The van der Waals surface area contributed by atoms with E-state index < -0.39 is 0 Å². The number of rotatable bonds is 2. The van der Waals surface area contributed by atoms with Crippen LogP contribution in [0.2, 0.25) is 5.15 Å². The van der Waals surface area contributed by atoms with Crippen molar-refractivity contribution in [2.75, 3.05) is 6.61 Å². The lowest BCUT2D eigenvalue weighted by Crippen LogP contribution is -1.99. The van der Waals surface area contributed by atoms with Gasteiger partial charge < -0.3 is 4.74 Å². The quantitative estimate of drug-likeness (QED) is 0.769. The lowest BCUT2D eigenvalue weighted by molar-refractivity contribution is 0.313. The van der Waals surface area contributed by atoms with Gasteiger partial charge >= 0.3 is 6.01 Å². The fourth-order valence-electron chi connectivity index (χ4n) is 1.63. The summed E-state index contributed by atoms with van der Waals surface area (Å²) < 4.78 is 6.77. The van der Waals surface area contributed by atoms with Gasteiger partial charge in [0.25, 0.3) is 5.78 Å². The fourth-order valence-corrected chi connectivity index (χ4v) is 3.04. The standard InChI is InChI=1S/C9H9ClN4OS/c1-2-15-9-12-8-11-6-4-16-3-5(6)7(10)14(8)13-9/h2-4H2,1H3. The Morgan fingerprint density at radius 2 is 2.31 bits per heavy atom. The van der Waals surface area contributed by atoms with E-state index in [0.29, 0.717) is 23.5 Å². The summed E-state index contributed by atoms with van der Waals surface area (Å²) in [5.74, 6) is 2.29. The molecule has 1 aliphatic heterocycles. The Morgan fingerprint density at radius 1 is 1.44 bits per heavy atom. The van der Waals surface area contributed by atoms with Crippen LogP contribution in [0.5, 0.6) is 6.01 Å². The maximum atomic E-state index is 6.25. The second-order valence-electron chi connectivity index (χ2n) is 3.36. The van der Waals surface area contributed by atoms with Crippen LogP contribution < -0.4 is 4.74 Å². The van der Waals surface area contributed by atoms with Crippen molar-refractivity contribution < 1.29 is 4.74 Å². The highest BCUT2D eigenvalue weighted by Gasteiger charge is 2.21. The summed E-state index contributed by atoms with van der Waals surface area (Å²) >= 11 is 8.05. The zero-order chi connectivity index (χ0) is 11.1. The number of nitrogens with zero attached hydrogens (tertiary/aromatic N) is 4. The van der Waals surface area contributed by atoms with E-state index in [-0.39, 0.29) is 0 Å². The smallest absolute Gasteiger partial charge is 0.337 e. The number of aromatic nitrogens is 4. The number of hydrogen-bond donors (Lipinski definition) is 0. The highest BCUT2D eigenvalue weighted by atomic mass is 35.5. The van der Waals surface area contributed by atoms with Gasteiger partial charge in [0.15, 0.2) is 0 Å². The monoisotopic (exact) mass is 256 g/mol. The van der Waals surface area contributed by atoms with E-state index in [4.69, 9.17) is 16.3 Å². The maximum absolute atomic E-state index is 6.25. The molecule has 7 heteroatoms. The summed E-state index contributed by atoms with van der Waals surface area (Å²) in [5, 5.41) is 4.76. The fraction of sp³-hybridized carbons (Fsp3) is 0.444. The van der Waals surface area contributed by atoms with E-state index in [0.717, 1.165) is 22.8 Å². The van der Waals surface area contributed by atoms with Crippen LogP contribution in [0, 0.1) is 0 Å². The SMILES string of the molecule is CCOc1nc2nc3c(c(Cl)n2n1)CSC3. The summed E-state index contributed by atoms with van der Waals surface area (Å²) in [6.07, 6.45) is 0. The molecule has 5 nitrogen and oxygen atoms in total. The van der Waals surface area contributed by atoms with Crippen LogP contribution in [-0.2, 0) is 11.5 Å². The van der Waals surface area contributed by atoms with E-state index in [1.165, 1.54) is 4.52 Å². The van der Waals surface area contributed by atoms with Crippen LogP contribution in [0.15, 0.2) is 0 Å². The predicted molar refractivity (Wildman–Crippen MR) is 62.0 cm³/mol. The number of hydrogen-bond acceptors (Lipinski definition) is 5. The first-order valence-corrected chi connectivity index (χ1v) is 6.47. The van der Waals surface area contributed by atoms with Crippen LogP contribution in [0.1, 0.15) is 18.2 Å². The molecule has 2 aromatic rings. The Hall–Kier alpha value is -1.01. The Labute approximate surface area is 101 Å². The minimum atomic E-state index is 0.327. The molecule has 0 aliphatic carbocycles. The second-order valence-corrected chi connectivity index (χ2v) is 4.70. The molecule has 0 aromatic carbocycles. The van der Waals surface area contributed by atoms with Crippen molar-refractivity contribution in [3.05, 3.63) is 16.4 Å². The third-order valence-electron chi connectivity index (χ3n) is 2.35. The normalized spacial score (nSPS) is 14.4. The molecule has 3 heterocycles. The van der Waals surface area contributed by atoms with Crippen LogP contribution in [0.3, 0.4) is 0 Å². The molecule has 0 saturated carbocycles. The summed E-state index contributed by atoms with van der Waals surface area (Å²) in [6, 6.07) is 0.327. The average molecular weight is 257 g/mol. The molecule has 3 rings (SSSR count). The molecule has 2 aromatic heterocycles. The topological polar surface area (TPSA) is 52.3 Å². The summed E-state index contributed by atoms with van der Waals surface area (Å²) in [5.41, 5.74) is 2.07. The first-order chi connectivity index (χ1) is 7.79. The number of fused-ring (bicyclic) bond motifs is 2.